The second-order valence-electron chi connectivity index (χ2n) is 7.95. The molecule has 118 valence electrons. The normalized spacial score (nSPS) is 35.0. The SMILES string of the molecule is CC1CCC(C(C)C)C(NCC2(O)CCCCCC2)C1. The molecule has 2 nitrogen and oxygen atoms in total. The van der Waals surface area contributed by atoms with E-state index in [-0.39, 0.29) is 0 Å². The predicted molar refractivity (Wildman–Crippen MR) is 85.8 cm³/mol. The summed E-state index contributed by atoms with van der Waals surface area (Å²) in [7, 11) is 0. The van der Waals surface area contributed by atoms with Gasteiger partial charge in [0.2, 0.25) is 0 Å². The Bertz CT molecular complexity index is 281. The van der Waals surface area contributed by atoms with Crippen molar-refractivity contribution in [3.63, 3.8) is 0 Å². The molecule has 0 bridgehead atoms. The Morgan fingerprint density at radius 3 is 2.35 bits per heavy atom. The van der Waals surface area contributed by atoms with Gasteiger partial charge in [0.25, 0.3) is 0 Å². The van der Waals surface area contributed by atoms with Crippen LogP contribution in [0.3, 0.4) is 0 Å². The van der Waals surface area contributed by atoms with E-state index < -0.39 is 5.60 Å². The molecule has 2 rings (SSSR count). The molecule has 2 aliphatic carbocycles. The summed E-state index contributed by atoms with van der Waals surface area (Å²) in [4.78, 5) is 0. The van der Waals surface area contributed by atoms with Crippen molar-refractivity contribution in [2.24, 2.45) is 17.8 Å². The van der Waals surface area contributed by atoms with Crippen molar-refractivity contribution in [2.75, 3.05) is 6.54 Å². The van der Waals surface area contributed by atoms with E-state index in [0.717, 1.165) is 37.1 Å². The standard InChI is InChI=1S/C18H35NO/c1-14(2)16-9-8-15(3)12-17(16)19-13-18(20)10-6-4-5-7-11-18/h14-17,19-20H,4-13H2,1-3H3. The Balaban J connectivity index is 1.89. The van der Waals surface area contributed by atoms with Crippen LogP contribution < -0.4 is 5.32 Å². The van der Waals surface area contributed by atoms with Gasteiger partial charge >= 0.3 is 0 Å². The molecule has 0 aromatic heterocycles. The summed E-state index contributed by atoms with van der Waals surface area (Å²) in [5.74, 6) is 2.38. The van der Waals surface area contributed by atoms with Crippen molar-refractivity contribution in [1.29, 1.82) is 0 Å². The maximum atomic E-state index is 10.8. The monoisotopic (exact) mass is 281 g/mol. The first-order valence-corrected chi connectivity index (χ1v) is 8.96. The first kappa shape index (κ1) is 16.3. The predicted octanol–water partition coefficient (Wildman–Crippen LogP) is 4.12. The van der Waals surface area contributed by atoms with Gasteiger partial charge in [-0.15, -0.1) is 0 Å². The van der Waals surface area contributed by atoms with Crippen LogP contribution in [-0.4, -0.2) is 23.3 Å². The zero-order chi connectivity index (χ0) is 14.6. The highest BCUT2D eigenvalue weighted by Gasteiger charge is 2.33. The highest BCUT2D eigenvalue weighted by molar-refractivity contribution is 4.90. The largest absolute Gasteiger partial charge is 0.389 e. The lowest BCUT2D eigenvalue weighted by Crippen LogP contribution is -2.49. The van der Waals surface area contributed by atoms with E-state index in [9.17, 15) is 5.11 Å². The van der Waals surface area contributed by atoms with Crippen molar-refractivity contribution >= 4 is 0 Å². The molecule has 2 aliphatic rings. The summed E-state index contributed by atoms with van der Waals surface area (Å²) in [6, 6.07) is 0.617. The van der Waals surface area contributed by atoms with Crippen LogP contribution in [0, 0.1) is 17.8 Å². The molecule has 3 atom stereocenters. The second kappa shape index (κ2) is 7.26. The van der Waals surface area contributed by atoms with E-state index in [1.807, 2.05) is 0 Å². The average molecular weight is 281 g/mol. The summed E-state index contributed by atoms with van der Waals surface area (Å²) < 4.78 is 0. The molecular formula is C18H35NO. The smallest absolute Gasteiger partial charge is 0.0771 e. The van der Waals surface area contributed by atoms with Gasteiger partial charge in [0.15, 0.2) is 0 Å². The van der Waals surface area contributed by atoms with Crippen LogP contribution in [0.2, 0.25) is 0 Å². The molecule has 0 heterocycles. The van der Waals surface area contributed by atoms with Gasteiger partial charge in [-0.25, -0.2) is 0 Å². The van der Waals surface area contributed by atoms with Crippen LogP contribution in [0.25, 0.3) is 0 Å². The Labute approximate surface area is 125 Å². The second-order valence-corrected chi connectivity index (χ2v) is 7.95. The molecule has 2 saturated carbocycles. The molecule has 2 fully saturated rings. The van der Waals surface area contributed by atoms with E-state index in [0.29, 0.717) is 6.04 Å². The molecule has 0 radical (unpaired) electrons. The van der Waals surface area contributed by atoms with Crippen LogP contribution in [0.15, 0.2) is 0 Å². The molecule has 0 saturated heterocycles. The fraction of sp³-hybridized carbons (Fsp3) is 1.00. The first-order valence-electron chi connectivity index (χ1n) is 8.96. The van der Waals surface area contributed by atoms with Gasteiger partial charge in [-0.2, -0.15) is 0 Å². The molecule has 0 aliphatic heterocycles. The molecule has 0 aromatic rings. The lowest BCUT2D eigenvalue weighted by molar-refractivity contribution is 0.0160. The maximum Gasteiger partial charge on any atom is 0.0771 e. The number of hydrogen-bond donors (Lipinski definition) is 2. The quantitative estimate of drug-likeness (QED) is 0.760. The fourth-order valence-corrected chi connectivity index (χ4v) is 4.32. The zero-order valence-corrected chi connectivity index (χ0v) is 13.8. The van der Waals surface area contributed by atoms with Crippen LogP contribution >= 0.6 is 0 Å². The van der Waals surface area contributed by atoms with Crippen LogP contribution in [-0.2, 0) is 0 Å². The van der Waals surface area contributed by atoms with Crippen LogP contribution in [0.4, 0.5) is 0 Å². The average Bonchev–Trinajstić information content (AvgIpc) is 2.62. The minimum absolute atomic E-state index is 0.432. The summed E-state index contributed by atoms with van der Waals surface area (Å²) in [6.07, 6.45) is 11.0. The highest BCUT2D eigenvalue weighted by Crippen LogP contribution is 2.34. The third-order valence-corrected chi connectivity index (χ3v) is 5.75. The topological polar surface area (TPSA) is 32.3 Å². The molecule has 2 N–H and O–H groups in total. The summed E-state index contributed by atoms with van der Waals surface area (Å²) >= 11 is 0. The minimum Gasteiger partial charge on any atom is -0.389 e. The Hall–Kier alpha value is -0.0800. The lowest BCUT2D eigenvalue weighted by Gasteiger charge is -2.40. The lowest BCUT2D eigenvalue weighted by atomic mass is 9.74. The van der Waals surface area contributed by atoms with E-state index in [4.69, 9.17) is 0 Å². The zero-order valence-electron chi connectivity index (χ0n) is 13.8. The van der Waals surface area contributed by atoms with Crippen molar-refractivity contribution in [1.82, 2.24) is 5.32 Å². The van der Waals surface area contributed by atoms with Gasteiger partial charge in [-0.05, 0) is 43.4 Å². The van der Waals surface area contributed by atoms with Crippen molar-refractivity contribution in [3.8, 4) is 0 Å². The van der Waals surface area contributed by atoms with Crippen molar-refractivity contribution < 1.29 is 5.11 Å². The number of rotatable bonds is 4. The van der Waals surface area contributed by atoms with E-state index in [1.165, 1.54) is 44.9 Å². The third kappa shape index (κ3) is 4.46. The van der Waals surface area contributed by atoms with Crippen LogP contribution in [0.1, 0.15) is 78.6 Å². The van der Waals surface area contributed by atoms with Gasteiger partial charge in [0.05, 0.1) is 5.60 Å². The number of aliphatic hydroxyl groups is 1. The van der Waals surface area contributed by atoms with E-state index in [2.05, 4.69) is 26.1 Å². The van der Waals surface area contributed by atoms with Crippen LogP contribution in [0.5, 0.6) is 0 Å². The molecule has 0 spiro atoms. The van der Waals surface area contributed by atoms with Crippen molar-refractivity contribution in [2.45, 2.75) is 90.2 Å². The Morgan fingerprint density at radius 1 is 1.10 bits per heavy atom. The summed E-state index contributed by atoms with van der Waals surface area (Å²) in [5, 5.41) is 14.6. The minimum atomic E-state index is -0.432. The van der Waals surface area contributed by atoms with E-state index in [1.54, 1.807) is 0 Å². The first-order chi connectivity index (χ1) is 9.50. The number of nitrogens with one attached hydrogen (secondary N) is 1. The van der Waals surface area contributed by atoms with Gasteiger partial charge in [0, 0.05) is 12.6 Å². The van der Waals surface area contributed by atoms with Gasteiger partial charge in [-0.1, -0.05) is 52.9 Å². The van der Waals surface area contributed by atoms with Gasteiger partial charge in [0.1, 0.15) is 0 Å². The molecule has 0 aromatic carbocycles. The third-order valence-electron chi connectivity index (χ3n) is 5.75. The van der Waals surface area contributed by atoms with E-state index >= 15 is 0 Å². The molecule has 2 heteroatoms. The Morgan fingerprint density at radius 2 is 1.75 bits per heavy atom. The fourth-order valence-electron chi connectivity index (χ4n) is 4.32. The Kier molecular flexibility index (Phi) is 5.92. The van der Waals surface area contributed by atoms with Gasteiger partial charge in [-0.3, -0.25) is 0 Å². The molecule has 0 amide bonds. The van der Waals surface area contributed by atoms with Gasteiger partial charge < -0.3 is 10.4 Å². The van der Waals surface area contributed by atoms with Crippen molar-refractivity contribution in [3.05, 3.63) is 0 Å². The molecular weight excluding hydrogens is 246 g/mol. The highest BCUT2D eigenvalue weighted by atomic mass is 16.3. The molecule has 20 heavy (non-hydrogen) atoms. The summed E-state index contributed by atoms with van der Waals surface area (Å²) in [5.41, 5.74) is -0.432. The number of hydrogen-bond acceptors (Lipinski definition) is 2. The summed E-state index contributed by atoms with van der Waals surface area (Å²) in [6.45, 7) is 7.91. The maximum absolute atomic E-state index is 10.8. The molecule has 3 unspecified atom stereocenters.